The molecule has 0 bridgehead atoms. The quantitative estimate of drug-likeness (QED) is 0.460. The molecule has 0 saturated carbocycles. The molecule has 0 heterocycles. The minimum atomic E-state index is -0.300. The molecule has 0 aromatic rings. The Labute approximate surface area is 55.5 Å². The average Bonchev–Trinajstić information content (AvgIpc) is 1.67. The van der Waals surface area contributed by atoms with Gasteiger partial charge in [0.15, 0.2) is 0 Å². The van der Waals surface area contributed by atoms with Crippen LogP contribution in [0.2, 0.25) is 0 Å². The predicted octanol–water partition coefficient (Wildman–Crippen LogP) is 2.23. The van der Waals surface area contributed by atoms with E-state index in [4.69, 9.17) is 11.6 Å². The van der Waals surface area contributed by atoms with Crippen molar-refractivity contribution < 1.29 is 9.09 Å². The van der Waals surface area contributed by atoms with Crippen molar-refractivity contribution in [2.75, 3.05) is 0 Å². The Morgan fingerprint density at radius 2 is 2.12 bits per heavy atom. The molecule has 0 spiro atoms. The van der Waals surface area contributed by atoms with Gasteiger partial charge in [0.2, 0.25) is 0 Å². The van der Waals surface area contributed by atoms with Crippen LogP contribution in [-0.4, -0.2) is 11.5 Å². The zero-order chi connectivity index (χ0) is 6.57. The molecular formula is C4H8ClO2P. The van der Waals surface area contributed by atoms with Gasteiger partial charge in [-0.3, -0.25) is 4.52 Å². The zero-order valence-electron chi connectivity index (χ0n) is 4.80. The Bertz CT molecular complexity index is 76.4. The Kier molecular flexibility index (Phi) is 4.44. The van der Waals surface area contributed by atoms with Gasteiger partial charge in [0, 0.05) is 0 Å². The van der Waals surface area contributed by atoms with Gasteiger partial charge in [0.05, 0.1) is 11.5 Å². The summed E-state index contributed by atoms with van der Waals surface area (Å²) in [5.41, 5.74) is 0. The van der Waals surface area contributed by atoms with Crippen molar-refractivity contribution in [2.24, 2.45) is 0 Å². The lowest BCUT2D eigenvalue weighted by Gasteiger charge is -2.07. The maximum atomic E-state index is 9.74. The molecule has 2 atom stereocenters. The third-order valence-corrected chi connectivity index (χ3v) is 1.63. The van der Waals surface area contributed by atoms with Crippen LogP contribution in [0.25, 0.3) is 0 Å². The van der Waals surface area contributed by atoms with Crippen LogP contribution in [0.1, 0.15) is 13.8 Å². The van der Waals surface area contributed by atoms with E-state index in [9.17, 15) is 4.57 Å². The first-order valence-corrected chi connectivity index (χ1v) is 3.47. The van der Waals surface area contributed by atoms with Crippen molar-refractivity contribution in [1.82, 2.24) is 0 Å². The third-order valence-electron chi connectivity index (χ3n) is 0.856. The minimum Gasteiger partial charge on any atom is -0.290 e. The molecule has 8 heavy (non-hydrogen) atoms. The summed E-state index contributed by atoms with van der Waals surface area (Å²) in [5, 5.41) is -0.0866. The lowest BCUT2D eigenvalue weighted by molar-refractivity contribution is 0.244. The SMILES string of the molecule is CC(Cl)C(C)OP=O. The molecule has 0 rings (SSSR count). The molecule has 0 saturated heterocycles. The first-order chi connectivity index (χ1) is 3.68. The van der Waals surface area contributed by atoms with Gasteiger partial charge >= 0.3 is 8.69 Å². The van der Waals surface area contributed by atoms with Gasteiger partial charge in [-0.05, 0) is 13.8 Å². The number of rotatable bonds is 3. The molecule has 0 radical (unpaired) electrons. The Hall–Kier alpha value is 0.350. The zero-order valence-corrected chi connectivity index (χ0v) is 6.45. The van der Waals surface area contributed by atoms with Gasteiger partial charge in [-0.25, -0.2) is 4.57 Å². The summed E-state index contributed by atoms with van der Waals surface area (Å²) in [6, 6.07) is 0. The van der Waals surface area contributed by atoms with E-state index in [-0.39, 0.29) is 20.2 Å². The molecule has 48 valence electrons. The molecule has 0 aliphatic rings. The maximum absolute atomic E-state index is 9.74. The largest absolute Gasteiger partial charge is 0.327 e. The highest BCUT2D eigenvalue weighted by Gasteiger charge is 2.07. The van der Waals surface area contributed by atoms with Crippen molar-refractivity contribution in [3.8, 4) is 0 Å². The second-order valence-corrected chi connectivity index (χ2v) is 2.61. The molecule has 2 unspecified atom stereocenters. The van der Waals surface area contributed by atoms with Crippen LogP contribution in [0.15, 0.2) is 0 Å². The molecule has 0 N–H and O–H groups in total. The summed E-state index contributed by atoms with van der Waals surface area (Å²) in [6.07, 6.45) is -0.143. The van der Waals surface area contributed by atoms with E-state index < -0.39 is 0 Å². The van der Waals surface area contributed by atoms with E-state index in [0.717, 1.165) is 0 Å². The minimum absolute atomic E-state index is 0.0866. The van der Waals surface area contributed by atoms with Crippen molar-refractivity contribution >= 4 is 20.3 Å². The van der Waals surface area contributed by atoms with Crippen LogP contribution in [-0.2, 0) is 9.09 Å². The lowest BCUT2D eigenvalue weighted by atomic mass is 10.3. The van der Waals surface area contributed by atoms with Gasteiger partial charge < -0.3 is 0 Å². The van der Waals surface area contributed by atoms with Crippen LogP contribution in [0.3, 0.4) is 0 Å². The second-order valence-electron chi connectivity index (χ2n) is 1.56. The molecule has 0 aromatic carbocycles. The topological polar surface area (TPSA) is 26.3 Å². The van der Waals surface area contributed by atoms with E-state index >= 15 is 0 Å². The monoisotopic (exact) mass is 154 g/mol. The number of halogens is 1. The van der Waals surface area contributed by atoms with Gasteiger partial charge in [0.25, 0.3) is 0 Å². The predicted molar refractivity (Wildman–Crippen MR) is 33.5 cm³/mol. The van der Waals surface area contributed by atoms with Crippen molar-refractivity contribution in [1.29, 1.82) is 0 Å². The Balaban J connectivity index is 3.30. The van der Waals surface area contributed by atoms with Gasteiger partial charge in [0.1, 0.15) is 0 Å². The standard InChI is InChI=1S/C4H8ClO2P/c1-3(5)4(2)7-8-6/h3-4H,1-2H3. The second kappa shape index (κ2) is 4.25. The Morgan fingerprint density at radius 1 is 1.62 bits per heavy atom. The molecule has 0 fully saturated rings. The summed E-state index contributed by atoms with van der Waals surface area (Å²) in [6.45, 7) is 3.56. The summed E-state index contributed by atoms with van der Waals surface area (Å²) in [7, 11) is -0.300. The first kappa shape index (κ1) is 8.35. The van der Waals surface area contributed by atoms with Crippen molar-refractivity contribution in [2.45, 2.75) is 25.3 Å². The first-order valence-electron chi connectivity index (χ1n) is 2.31. The molecule has 4 heteroatoms. The maximum Gasteiger partial charge on any atom is 0.327 e. The van der Waals surface area contributed by atoms with Crippen LogP contribution < -0.4 is 0 Å². The molecule has 0 aliphatic heterocycles. The summed E-state index contributed by atoms with van der Waals surface area (Å²) in [5.74, 6) is 0. The molecule has 0 amide bonds. The van der Waals surface area contributed by atoms with E-state index in [2.05, 4.69) is 4.52 Å². The molecule has 0 aliphatic carbocycles. The van der Waals surface area contributed by atoms with Crippen LogP contribution >= 0.6 is 20.3 Å². The van der Waals surface area contributed by atoms with E-state index in [0.29, 0.717) is 0 Å². The summed E-state index contributed by atoms with van der Waals surface area (Å²) >= 11 is 5.54. The van der Waals surface area contributed by atoms with Crippen LogP contribution in [0.5, 0.6) is 0 Å². The highest BCUT2D eigenvalue weighted by atomic mass is 35.5. The normalized spacial score (nSPS) is 18.4. The summed E-state index contributed by atoms with van der Waals surface area (Å²) in [4.78, 5) is 0. The summed E-state index contributed by atoms with van der Waals surface area (Å²) < 4.78 is 14.3. The van der Waals surface area contributed by atoms with E-state index in [1.165, 1.54) is 0 Å². The van der Waals surface area contributed by atoms with Gasteiger partial charge in [-0.2, -0.15) is 0 Å². The lowest BCUT2D eigenvalue weighted by Crippen LogP contribution is -2.12. The van der Waals surface area contributed by atoms with Crippen molar-refractivity contribution in [3.63, 3.8) is 0 Å². The number of alkyl halides is 1. The highest BCUT2D eigenvalue weighted by Crippen LogP contribution is 2.10. The fraction of sp³-hybridized carbons (Fsp3) is 1.00. The smallest absolute Gasteiger partial charge is 0.290 e. The molecule has 0 aromatic heterocycles. The fourth-order valence-electron chi connectivity index (χ4n) is 0.152. The average molecular weight is 155 g/mol. The van der Waals surface area contributed by atoms with Crippen LogP contribution in [0, 0.1) is 0 Å². The number of hydrogen-bond acceptors (Lipinski definition) is 2. The third kappa shape index (κ3) is 3.36. The van der Waals surface area contributed by atoms with Gasteiger partial charge in [-0.1, -0.05) is 0 Å². The van der Waals surface area contributed by atoms with Crippen LogP contribution in [0.4, 0.5) is 0 Å². The Morgan fingerprint density at radius 3 is 2.25 bits per heavy atom. The number of hydrogen-bond donors (Lipinski definition) is 0. The van der Waals surface area contributed by atoms with Gasteiger partial charge in [-0.15, -0.1) is 11.6 Å². The molecular weight excluding hydrogens is 146 g/mol. The van der Waals surface area contributed by atoms with E-state index in [1.54, 1.807) is 13.8 Å². The fourth-order valence-corrected chi connectivity index (χ4v) is 0.593. The highest BCUT2D eigenvalue weighted by molar-refractivity contribution is 7.17. The van der Waals surface area contributed by atoms with E-state index in [1.807, 2.05) is 0 Å². The molecule has 2 nitrogen and oxygen atoms in total. The van der Waals surface area contributed by atoms with Crippen molar-refractivity contribution in [3.05, 3.63) is 0 Å².